The first-order chi connectivity index (χ1) is 8.42. The van der Waals surface area contributed by atoms with Gasteiger partial charge in [-0.25, -0.2) is 0 Å². The van der Waals surface area contributed by atoms with Gasteiger partial charge in [0.15, 0.2) is 0 Å². The van der Waals surface area contributed by atoms with E-state index in [4.69, 9.17) is 0 Å². The molecule has 0 radical (unpaired) electrons. The molecular formula is C11H17F3N4. The van der Waals surface area contributed by atoms with E-state index < -0.39 is 12.7 Å². The normalized spacial score (nSPS) is 19.1. The second-order valence-corrected chi connectivity index (χ2v) is 4.76. The fraction of sp³-hybridized carbons (Fsp3) is 0.727. The minimum absolute atomic E-state index is 0.324. The largest absolute Gasteiger partial charge is 0.408 e. The number of aromatic nitrogens is 2. The highest BCUT2D eigenvalue weighted by molar-refractivity contribution is 5.39. The highest BCUT2D eigenvalue weighted by Crippen LogP contribution is 2.19. The fourth-order valence-electron chi connectivity index (χ4n) is 2.10. The predicted octanol–water partition coefficient (Wildman–Crippen LogP) is 1.95. The van der Waals surface area contributed by atoms with Crippen LogP contribution in [0.3, 0.4) is 0 Å². The number of likely N-dealkylation sites (tertiary alicyclic amines) is 1. The predicted molar refractivity (Wildman–Crippen MR) is 62.4 cm³/mol. The molecule has 0 bridgehead atoms. The zero-order valence-electron chi connectivity index (χ0n) is 10.2. The third kappa shape index (κ3) is 3.90. The van der Waals surface area contributed by atoms with E-state index in [1.807, 2.05) is 0 Å². The van der Waals surface area contributed by atoms with Crippen molar-refractivity contribution >= 4 is 5.69 Å². The second-order valence-electron chi connectivity index (χ2n) is 4.76. The summed E-state index contributed by atoms with van der Waals surface area (Å²) in [5.74, 6) is 0. The fourth-order valence-corrected chi connectivity index (χ4v) is 2.10. The van der Waals surface area contributed by atoms with Crippen LogP contribution in [0.4, 0.5) is 18.9 Å². The van der Waals surface area contributed by atoms with Crippen LogP contribution in [-0.4, -0.2) is 47.0 Å². The lowest BCUT2D eigenvalue weighted by Crippen LogP contribution is -2.36. The molecule has 1 saturated heterocycles. The molecule has 0 unspecified atom stereocenters. The van der Waals surface area contributed by atoms with E-state index in [0.29, 0.717) is 11.7 Å². The average molecular weight is 262 g/mol. The van der Waals surface area contributed by atoms with Crippen LogP contribution >= 0.6 is 0 Å². The monoisotopic (exact) mass is 262 g/mol. The Bertz CT molecular complexity index is 380. The maximum Gasteiger partial charge on any atom is 0.408 e. The summed E-state index contributed by atoms with van der Waals surface area (Å²) in [4.78, 5) is 2.24. The van der Waals surface area contributed by atoms with E-state index >= 15 is 0 Å². The Labute approximate surface area is 104 Å². The number of hydrogen-bond acceptors (Lipinski definition) is 3. The molecule has 102 valence electrons. The van der Waals surface area contributed by atoms with Gasteiger partial charge in [0.2, 0.25) is 0 Å². The summed E-state index contributed by atoms with van der Waals surface area (Å²) in [6.07, 6.45) is 0.634. The highest BCUT2D eigenvalue weighted by atomic mass is 19.4. The van der Waals surface area contributed by atoms with Crippen LogP contribution in [0.1, 0.15) is 12.8 Å². The number of hydrogen-bond donors (Lipinski definition) is 1. The molecule has 1 aliphatic heterocycles. The number of anilines is 1. The molecule has 0 amide bonds. The van der Waals surface area contributed by atoms with Gasteiger partial charge in [0.1, 0.15) is 6.54 Å². The number of halogens is 3. The molecule has 1 aromatic heterocycles. The maximum atomic E-state index is 12.2. The van der Waals surface area contributed by atoms with Crippen LogP contribution in [0.5, 0.6) is 0 Å². The van der Waals surface area contributed by atoms with Gasteiger partial charge in [-0.2, -0.15) is 18.3 Å². The molecule has 7 heteroatoms. The van der Waals surface area contributed by atoms with Gasteiger partial charge in [-0.1, -0.05) is 0 Å². The number of alkyl halides is 3. The molecule has 1 fully saturated rings. The number of nitrogens with zero attached hydrogens (tertiary/aromatic N) is 3. The minimum Gasteiger partial charge on any atom is -0.380 e. The molecule has 18 heavy (non-hydrogen) atoms. The Balaban J connectivity index is 1.87. The molecule has 0 aliphatic carbocycles. The molecule has 2 rings (SSSR count). The van der Waals surface area contributed by atoms with Gasteiger partial charge in [-0.15, -0.1) is 0 Å². The highest BCUT2D eigenvalue weighted by Gasteiger charge is 2.28. The van der Waals surface area contributed by atoms with Crippen molar-refractivity contribution in [2.24, 2.45) is 0 Å². The van der Waals surface area contributed by atoms with Crippen LogP contribution < -0.4 is 5.32 Å². The molecular weight excluding hydrogens is 245 g/mol. The van der Waals surface area contributed by atoms with Crippen molar-refractivity contribution in [1.82, 2.24) is 14.7 Å². The molecule has 0 aromatic carbocycles. The van der Waals surface area contributed by atoms with E-state index in [-0.39, 0.29) is 0 Å². The van der Waals surface area contributed by atoms with Crippen LogP contribution in [-0.2, 0) is 6.54 Å². The SMILES string of the molecule is CN1CCC(Nc2cnn(CC(F)(F)F)c2)CC1. The third-order valence-electron chi connectivity index (χ3n) is 3.06. The summed E-state index contributed by atoms with van der Waals surface area (Å²) in [7, 11) is 2.07. The molecule has 4 nitrogen and oxygen atoms in total. The standard InChI is InChI=1S/C11H17F3N4/c1-17-4-2-9(3-5-17)16-10-6-15-18(7-10)8-11(12,13)14/h6-7,9,16H,2-5,8H2,1H3. The summed E-state index contributed by atoms with van der Waals surface area (Å²) in [5.41, 5.74) is 0.661. The zero-order valence-corrected chi connectivity index (χ0v) is 10.2. The molecule has 0 atom stereocenters. The Morgan fingerprint density at radius 2 is 2.06 bits per heavy atom. The van der Waals surface area contributed by atoms with E-state index in [9.17, 15) is 13.2 Å². The van der Waals surface area contributed by atoms with E-state index in [0.717, 1.165) is 30.6 Å². The quantitative estimate of drug-likeness (QED) is 0.904. The Morgan fingerprint density at radius 3 is 2.67 bits per heavy atom. The lowest BCUT2D eigenvalue weighted by Gasteiger charge is -2.29. The smallest absolute Gasteiger partial charge is 0.380 e. The van der Waals surface area contributed by atoms with Gasteiger partial charge >= 0.3 is 6.18 Å². The zero-order chi connectivity index (χ0) is 13.2. The van der Waals surface area contributed by atoms with E-state index in [2.05, 4.69) is 22.4 Å². The maximum absolute atomic E-state index is 12.2. The van der Waals surface area contributed by atoms with E-state index in [1.54, 1.807) is 0 Å². The lowest BCUT2D eigenvalue weighted by atomic mass is 10.1. The Kier molecular flexibility index (Phi) is 3.79. The van der Waals surface area contributed by atoms with Crippen molar-refractivity contribution in [3.05, 3.63) is 12.4 Å². The van der Waals surface area contributed by atoms with Gasteiger partial charge in [0.05, 0.1) is 11.9 Å². The molecule has 0 saturated carbocycles. The molecule has 1 aliphatic rings. The number of nitrogens with one attached hydrogen (secondary N) is 1. The Hall–Kier alpha value is -1.24. The Morgan fingerprint density at radius 1 is 1.39 bits per heavy atom. The van der Waals surface area contributed by atoms with Crippen LogP contribution in [0.15, 0.2) is 12.4 Å². The number of piperidine rings is 1. The van der Waals surface area contributed by atoms with Crippen molar-refractivity contribution in [2.75, 3.05) is 25.5 Å². The van der Waals surface area contributed by atoms with Gasteiger partial charge in [0.25, 0.3) is 0 Å². The minimum atomic E-state index is -4.23. The number of rotatable bonds is 3. The van der Waals surface area contributed by atoms with Gasteiger partial charge in [-0.05, 0) is 33.0 Å². The van der Waals surface area contributed by atoms with Gasteiger partial charge < -0.3 is 10.2 Å². The van der Waals surface area contributed by atoms with Gasteiger partial charge in [-0.3, -0.25) is 4.68 Å². The van der Waals surface area contributed by atoms with Crippen molar-refractivity contribution in [3.8, 4) is 0 Å². The van der Waals surface area contributed by atoms with E-state index in [1.165, 1.54) is 12.4 Å². The molecule has 2 heterocycles. The first-order valence-electron chi connectivity index (χ1n) is 5.97. The summed E-state index contributed by atoms with van der Waals surface area (Å²) in [5, 5.41) is 6.94. The van der Waals surface area contributed by atoms with Gasteiger partial charge in [0, 0.05) is 12.2 Å². The molecule has 1 N–H and O–H groups in total. The third-order valence-corrected chi connectivity index (χ3v) is 3.06. The average Bonchev–Trinajstić information content (AvgIpc) is 2.66. The van der Waals surface area contributed by atoms with Crippen LogP contribution in [0, 0.1) is 0 Å². The van der Waals surface area contributed by atoms with Crippen molar-refractivity contribution in [2.45, 2.75) is 31.6 Å². The second kappa shape index (κ2) is 5.17. The molecule has 1 aromatic rings. The first kappa shape index (κ1) is 13.2. The molecule has 0 spiro atoms. The summed E-state index contributed by atoms with van der Waals surface area (Å²) in [6.45, 7) is 0.977. The van der Waals surface area contributed by atoms with Crippen LogP contribution in [0.2, 0.25) is 0 Å². The summed E-state index contributed by atoms with van der Waals surface area (Å²) in [6, 6.07) is 0.324. The van der Waals surface area contributed by atoms with Crippen LogP contribution in [0.25, 0.3) is 0 Å². The summed E-state index contributed by atoms with van der Waals surface area (Å²) >= 11 is 0. The summed E-state index contributed by atoms with van der Waals surface area (Å²) < 4.78 is 37.4. The van der Waals surface area contributed by atoms with Crippen molar-refractivity contribution < 1.29 is 13.2 Å². The lowest BCUT2D eigenvalue weighted by molar-refractivity contribution is -0.142. The van der Waals surface area contributed by atoms with Crippen molar-refractivity contribution in [1.29, 1.82) is 0 Å². The van der Waals surface area contributed by atoms with Crippen molar-refractivity contribution in [3.63, 3.8) is 0 Å². The first-order valence-corrected chi connectivity index (χ1v) is 5.97. The topological polar surface area (TPSA) is 33.1 Å².